The van der Waals surface area contributed by atoms with Crippen LogP contribution in [-0.4, -0.2) is 40.2 Å². The monoisotopic (exact) mass is 315 g/mol. The molecular weight excluding hydrogens is 301 g/mol. The average molecular weight is 315 g/mol. The number of Topliss-reactive ketones (excluding diaryl/α,β-unsaturated/α-hetero) is 1. The summed E-state index contributed by atoms with van der Waals surface area (Å²) < 4.78 is 18.4. The minimum absolute atomic E-state index is 0.216. The lowest BCUT2D eigenvalue weighted by Crippen LogP contribution is -2.22. The molecule has 1 amide bonds. The summed E-state index contributed by atoms with van der Waals surface area (Å²) in [4.78, 5) is 33.1. The Bertz CT molecular complexity index is 748. The summed E-state index contributed by atoms with van der Waals surface area (Å²) in [5.41, 5.74) is 0.790. The van der Waals surface area contributed by atoms with E-state index in [4.69, 9.17) is 4.74 Å². The molecule has 23 heavy (non-hydrogen) atoms. The van der Waals surface area contributed by atoms with Crippen molar-refractivity contribution in [3.05, 3.63) is 53.7 Å². The summed E-state index contributed by atoms with van der Waals surface area (Å²) in [5.74, 6) is -1.45. The van der Waals surface area contributed by atoms with Crippen LogP contribution >= 0.6 is 0 Å². The number of amides is 1. The summed E-state index contributed by atoms with van der Waals surface area (Å²) in [6.07, 6.45) is 1.48. The normalized spacial score (nSPS) is 17.7. The molecule has 0 N–H and O–H groups in total. The maximum Gasteiger partial charge on any atom is 0.290 e. The molecule has 1 unspecified atom stereocenters. The largest absolute Gasteiger partial charge is 0.473 e. The Labute approximate surface area is 131 Å². The van der Waals surface area contributed by atoms with E-state index >= 15 is 0 Å². The third-order valence-corrected chi connectivity index (χ3v) is 3.59. The summed E-state index contributed by atoms with van der Waals surface area (Å²) in [7, 11) is 1.56. The highest BCUT2D eigenvalue weighted by Gasteiger charge is 2.39. The Kier molecular flexibility index (Phi) is 4.01. The number of ether oxygens (including phenoxy) is 1. The molecule has 1 saturated heterocycles. The fourth-order valence-electron chi connectivity index (χ4n) is 2.32. The third-order valence-electron chi connectivity index (χ3n) is 3.59. The number of hydrogen-bond donors (Lipinski definition) is 0. The molecule has 1 aliphatic rings. The van der Waals surface area contributed by atoms with Crippen molar-refractivity contribution in [3.8, 4) is 5.88 Å². The molecule has 0 aliphatic carbocycles. The molecule has 2 heterocycles. The number of hydrogen-bond acceptors (Lipinski definition) is 5. The van der Waals surface area contributed by atoms with Crippen LogP contribution in [0.15, 0.2) is 36.5 Å². The smallest absolute Gasteiger partial charge is 0.290 e. The van der Waals surface area contributed by atoms with Gasteiger partial charge in [0.2, 0.25) is 11.7 Å². The number of likely N-dealkylation sites (tertiary alicyclic amines) is 1. The van der Waals surface area contributed by atoms with Gasteiger partial charge in [-0.25, -0.2) is 9.37 Å². The first-order chi connectivity index (χ1) is 11.0. The lowest BCUT2D eigenvalue weighted by molar-refractivity contribution is -0.139. The van der Waals surface area contributed by atoms with Crippen LogP contribution in [-0.2, 0) is 16.2 Å². The summed E-state index contributed by atoms with van der Waals surface area (Å²) in [5, 5.41) is 0. The maximum absolute atomic E-state index is 12.9. The quantitative estimate of drug-likeness (QED) is 0.796. The summed E-state index contributed by atoms with van der Waals surface area (Å²) in [6.45, 7) is 0.479. The Morgan fingerprint density at radius 3 is 2.65 bits per heavy atom. The topological polar surface area (TPSA) is 72.4 Å². The van der Waals surface area contributed by atoms with Crippen molar-refractivity contribution in [2.45, 2.75) is 12.5 Å². The molecule has 6 nitrogen and oxygen atoms in total. The molecule has 1 atom stereocenters. The number of carbonyl (C=O) groups excluding carboxylic acids is 2. The van der Waals surface area contributed by atoms with Gasteiger partial charge < -0.3 is 9.64 Å². The Morgan fingerprint density at radius 1 is 1.26 bits per heavy atom. The van der Waals surface area contributed by atoms with Crippen LogP contribution in [0.1, 0.15) is 17.3 Å². The van der Waals surface area contributed by atoms with Gasteiger partial charge in [-0.15, -0.1) is 0 Å². The van der Waals surface area contributed by atoms with Crippen molar-refractivity contribution >= 4 is 11.7 Å². The average Bonchev–Trinajstić information content (AvgIpc) is 2.82. The Hall–Kier alpha value is -2.83. The van der Waals surface area contributed by atoms with Crippen LogP contribution < -0.4 is 4.74 Å². The highest BCUT2D eigenvalue weighted by Crippen LogP contribution is 2.22. The van der Waals surface area contributed by atoms with Crippen LogP contribution in [0.5, 0.6) is 5.88 Å². The van der Waals surface area contributed by atoms with Gasteiger partial charge in [-0.3, -0.25) is 9.59 Å². The van der Waals surface area contributed by atoms with E-state index in [0.29, 0.717) is 5.88 Å². The van der Waals surface area contributed by atoms with Gasteiger partial charge in [0.15, 0.2) is 0 Å². The van der Waals surface area contributed by atoms with Gasteiger partial charge in [-0.2, -0.15) is 4.98 Å². The van der Waals surface area contributed by atoms with Crippen molar-refractivity contribution in [1.82, 2.24) is 14.9 Å². The summed E-state index contributed by atoms with van der Waals surface area (Å²) in [6, 6.07) is 7.50. The van der Waals surface area contributed by atoms with E-state index in [1.165, 1.54) is 23.2 Å². The van der Waals surface area contributed by atoms with E-state index < -0.39 is 17.6 Å². The number of aromatic nitrogens is 2. The number of ketones is 1. The van der Waals surface area contributed by atoms with E-state index in [0.717, 1.165) is 5.56 Å². The van der Waals surface area contributed by atoms with Crippen LogP contribution in [0.4, 0.5) is 4.39 Å². The van der Waals surface area contributed by atoms with E-state index in [9.17, 15) is 14.0 Å². The zero-order valence-corrected chi connectivity index (χ0v) is 12.4. The van der Waals surface area contributed by atoms with E-state index in [2.05, 4.69) is 9.97 Å². The number of nitrogens with zero attached hydrogens (tertiary/aromatic N) is 3. The zero-order valence-electron chi connectivity index (χ0n) is 12.4. The highest BCUT2D eigenvalue weighted by molar-refractivity contribution is 6.40. The zero-order chi connectivity index (χ0) is 16.4. The second-order valence-electron chi connectivity index (χ2n) is 5.27. The van der Waals surface area contributed by atoms with Gasteiger partial charge >= 0.3 is 0 Å². The molecule has 3 rings (SSSR count). The van der Waals surface area contributed by atoms with Crippen molar-refractivity contribution in [2.24, 2.45) is 0 Å². The number of rotatable bonds is 4. The molecule has 1 aliphatic heterocycles. The van der Waals surface area contributed by atoms with Gasteiger partial charge in [0.05, 0.1) is 0 Å². The fraction of sp³-hybridized carbons (Fsp3) is 0.250. The predicted octanol–water partition coefficient (Wildman–Crippen LogP) is 1.32. The Morgan fingerprint density at radius 2 is 2.00 bits per heavy atom. The number of likely N-dealkylation sites (N-methyl/N-ethyl adjacent to an activating group) is 1. The fourth-order valence-corrected chi connectivity index (χ4v) is 2.32. The first-order valence-corrected chi connectivity index (χ1v) is 7.04. The first-order valence-electron chi connectivity index (χ1n) is 7.04. The summed E-state index contributed by atoms with van der Waals surface area (Å²) >= 11 is 0. The van der Waals surface area contributed by atoms with Crippen molar-refractivity contribution in [3.63, 3.8) is 0 Å². The lowest BCUT2D eigenvalue weighted by Gasteiger charge is -2.09. The SMILES string of the molecule is CN1CC(c2nccc(OCc3ccc(F)cc3)n2)C(=O)C1=O. The minimum atomic E-state index is -0.665. The third kappa shape index (κ3) is 3.18. The molecule has 118 valence electrons. The molecule has 0 spiro atoms. The van der Waals surface area contributed by atoms with Gasteiger partial charge in [0, 0.05) is 25.9 Å². The maximum atomic E-state index is 12.9. The molecule has 0 radical (unpaired) electrons. The standard InChI is InChI=1S/C16H14FN3O3/c1-20-8-12(14(21)16(20)22)15-18-7-6-13(19-15)23-9-10-2-4-11(17)5-3-10/h2-7,12H,8-9H2,1H3. The van der Waals surface area contributed by atoms with E-state index in [1.54, 1.807) is 25.2 Å². The Balaban J connectivity index is 1.71. The lowest BCUT2D eigenvalue weighted by atomic mass is 10.1. The van der Waals surface area contributed by atoms with Crippen LogP contribution in [0.3, 0.4) is 0 Å². The van der Waals surface area contributed by atoms with E-state index in [-0.39, 0.29) is 24.8 Å². The second-order valence-corrected chi connectivity index (χ2v) is 5.27. The number of carbonyl (C=O) groups is 2. The highest BCUT2D eigenvalue weighted by atomic mass is 19.1. The van der Waals surface area contributed by atoms with Gasteiger partial charge in [-0.1, -0.05) is 12.1 Å². The van der Waals surface area contributed by atoms with Crippen molar-refractivity contribution in [1.29, 1.82) is 0 Å². The van der Waals surface area contributed by atoms with Gasteiger partial charge in [-0.05, 0) is 17.7 Å². The molecule has 1 fully saturated rings. The van der Waals surface area contributed by atoms with E-state index in [1.807, 2.05) is 0 Å². The molecule has 1 aromatic heterocycles. The number of halogens is 1. The van der Waals surface area contributed by atoms with Crippen LogP contribution in [0.25, 0.3) is 0 Å². The first kappa shape index (κ1) is 15.1. The van der Waals surface area contributed by atoms with Crippen molar-refractivity contribution < 1.29 is 18.7 Å². The molecular formula is C16H14FN3O3. The molecule has 7 heteroatoms. The van der Waals surface area contributed by atoms with Gasteiger partial charge in [0.25, 0.3) is 5.91 Å². The van der Waals surface area contributed by atoms with Crippen LogP contribution in [0, 0.1) is 5.82 Å². The predicted molar refractivity (Wildman–Crippen MR) is 78.1 cm³/mol. The van der Waals surface area contributed by atoms with Crippen molar-refractivity contribution in [2.75, 3.05) is 13.6 Å². The molecule has 2 aromatic rings. The minimum Gasteiger partial charge on any atom is -0.473 e. The van der Waals surface area contributed by atoms with Gasteiger partial charge in [0.1, 0.15) is 24.2 Å². The molecule has 0 bridgehead atoms. The molecule has 0 saturated carbocycles. The number of benzene rings is 1. The molecule has 1 aromatic carbocycles. The van der Waals surface area contributed by atoms with Crippen LogP contribution in [0.2, 0.25) is 0 Å². The second kappa shape index (κ2) is 6.12.